The second-order valence-electron chi connectivity index (χ2n) is 6.05. The Balaban J connectivity index is 0.000000362. The second-order valence-corrected chi connectivity index (χ2v) is 9.82. The van der Waals surface area contributed by atoms with E-state index in [0.717, 1.165) is 6.42 Å². The highest BCUT2D eigenvalue weighted by Crippen LogP contribution is 2.48. The van der Waals surface area contributed by atoms with Crippen molar-refractivity contribution < 1.29 is 4.55 Å². The summed E-state index contributed by atoms with van der Waals surface area (Å²) >= 11 is 0. The van der Waals surface area contributed by atoms with Crippen LogP contribution in [0.3, 0.4) is 0 Å². The molecule has 2 heteroatoms. The predicted octanol–water partition coefficient (Wildman–Crippen LogP) is 5.52. The van der Waals surface area contributed by atoms with Crippen LogP contribution in [0.25, 0.3) is 0 Å². The highest BCUT2D eigenvalue weighted by Gasteiger charge is 2.24. The van der Waals surface area contributed by atoms with Crippen molar-refractivity contribution >= 4 is 10.3 Å². The van der Waals surface area contributed by atoms with Gasteiger partial charge in [0.2, 0.25) is 0 Å². The molecule has 1 N–H and O–H groups in total. The van der Waals surface area contributed by atoms with Gasteiger partial charge in [-0.05, 0) is 37.3 Å². The molecule has 0 saturated carbocycles. The largest absolute Gasteiger partial charge is 0.352 e. The summed E-state index contributed by atoms with van der Waals surface area (Å²) in [6.45, 7) is 9.87. The van der Waals surface area contributed by atoms with Gasteiger partial charge in [-0.2, -0.15) is 0 Å². The van der Waals surface area contributed by atoms with Crippen LogP contribution in [-0.4, -0.2) is 21.8 Å². The lowest BCUT2D eigenvalue weighted by Gasteiger charge is -2.38. The third-order valence-corrected chi connectivity index (χ3v) is 6.21. The molecule has 0 bridgehead atoms. The van der Waals surface area contributed by atoms with Crippen molar-refractivity contribution in [2.75, 3.05) is 12.5 Å². The molecule has 0 radical (unpaired) electrons. The minimum atomic E-state index is -1.34. The number of allylic oxidation sites excluding steroid dienone is 1. The average molecular weight is 282 g/mol. The lowest BCUT2D eigenvalue weighted by molar-refractivity contribution is 0.592. The van der Waals surface area contributed by atoms with E-state index in [2.05, 4.69) is 57.7 Å². The first kappa shape index (κ1) is 18.3. The maximum absolute atomic E-state index is 9.44. The van der Waals surface area contributed by atoms with Crippen LogP contribution in [0, 0.1) is 0 Å². The summed E-state index contributed by atoms with van der Waals surface area (Å²) < 4.78 is 9.51. The molecule has 0 heterocycles. The number of benzene rings is 1. The van der Waals surface area contributed by atoms with Gasteiger partial charge in [0.15, 0.2) is 0 Å². The first-order valence-corrected chi connectivity index (χ1v) is 9.19. The van der Waals surface area contributed by atoms with Crippen LogP contribution in [0.2, 0.25) is 0 Å². The topological polar surface area (TPSA) is 20.2 Å². The van der Waals surface area contributed by atoms with Crippen LogP contribution in [0.1, 0.15) is 39.2 Å². The minimum Gasteiger partial charge on any atom is -0.352 e. The number of hydrogen-bond acceptors (Lipinski definition) is 1. The molecule has 110 valence electrons. The zero-order chi connectivity index (χ0) is 14.9. The third kappa shape index (κ3) is 8.90. The summed E-state index contributed by atoms with van der Waals surface area (Å²) in [5, 5.41) is 0. The SMILES string of the molecule is C=CCCCc1ccccc1.CC(C)(C)S(C)(C)O. The van der Waals surface area contributed by atoms with E-state index in [9.17, 15) is 4.55 Å². The normalized spacial score (nSPS) is 12.3. The third-order valence-electron chi connectivity index (χ3n) is 3.22. The van der Waals surface area contributed by atoms with Crippen molar-refractivity contribution in [2.24, 2.45) is 0 Å². The van der Waals surface area contributed by atoms with Gasteiger partial charge in [0.05, 0.1) is 0 Å². The van der Waals surface area contributed by atoms with Crippen molar-refractivity contribution in [2.45, 2.75) is 44.8 Å². The summed E-state index contributed by atoms with van der Waals surface area (Å²) in [5.74, 6) is 0. The van der Waals surface area contributed by atoms with Crippen LogP contribution >= 0.6 is 10.3 Å². The van der Waals surface area contributed by atoms with Gasteiger partial charge in [-0.15, -0.1) is 16.9 Å². The van der Waals surface area contributed by atoms with E-state index in [-0.39, 0.29) is 4.75 Å². The molecule has 1 aromatic rings. The van der Waals surface area contributed by atoms with Gasteiger partial charge in [0.1, 0.15) is 0 Å². The number of unbranched alkanes of at least 4 members (excludes halogenated alkanes) is 1. The second kappa shape index (κ2) is 8.44. The lowest BCUT2D eigenvalue weighted by Crippen LogP contribution is -2.21. The van der Waals surface area contributed by atoms with E-state index in [0.29, 0.717) is 0 Å². The highest BCUT2D eigenvalue weighted by atomic mass is 32.3. The maximum Gasteiger partial charge on any atom is 0.0124 e. The van der Waals surface area contributed by atoms with E-state index < -0.39 is 10.3 Å². The molecule has 0 aliphatic heterocycles. The highest BCUT2D eigenvalue weighted by molar-refractivity contribution is 8.29. The maximum atomic E-state index is 9.44. The Labute approximate surface area is 121 Å². The number of aryl methyl sites for hydroxylation is 1. The monoisotopic (exact) mass is 282 g/mol. The van der Waals surface area contributed by atoms with Crippen LogP contribution in [-0.2, 0) is 6.42 Å². The smallest absolute Gasteiger partial charge is 0.0124 e. The Morgan fingerprint density at radius 3 is 2.00 bits per heavy atom. The van der Waals surface area contributed by atoms with Crippen molar-refractivity contribution in [3.8, 4) is 0 Å². The first-order chi connectivity index (χ1) is 8.68. The fraction of sp³-hybridized carbons (Fsp3) is 0.529. The molecule has 0 aliphatic carbocycles. The van der Waals surface area contributed by atoms with Gasteiger partial charge >= 0.3 is 0 Å². The summed E-state index contributed by atoms with van der Waals surface area (Å²) in [7, 11) is -1.34. The Morgan fingerprint density at radius 1 is 1.16 bits per heavy atom. The van der Waals surface area contributed by atoms with Gasteiger partial charge in [0, 0.05) is 4.75 Å². The first-order valence-electron chi connectivity index (χ1n) is 6.78. The molecule has 0 fully saturated rings. The zero-order valence-corrected chi connectivity index (χ0v) is 14.0. The molecule has 0 atom stereocenters. The Kier molecular flexibility index (Phi) is 8.12. The standard InChI is InChI=1S/C11H14.C6H16OS/c1-2-3-5-8-11-9-6-4-7-10-11;1-6(2,3)8(4,5)7/h2,4,6-7,9-10H,1,3,5,8H2;7H,1-5H3. The van der Waals surface area contributed by atoms with Crippen molar-refractivity contribution in [3.63, 3.8) is 0 Å². The van der Waals surface area contributed by atoms with Crippen LogP contribution in [0.5, 0.6) is 0 Å². The van der Waals surface area contributed by atoms with Gasteiger partial charge in [-0.1, -0.05) is 57.2 Å². The molecular formula is C17H30OS. The van der Waals surface area contributed by atoms with Crippen LogP contribution in [0.4, 0.5) is 0 Å². The summed E-state index contributed by atoms with van der Waals surface area (Å²) in [6, 6.07) is 10.6. The molecule has 1 aromatic carbocycles. The van der Waals surface area contributed by atoms with E-state index in [4.69, 9.17) is 0 Å². The van der Waals surface area contributed by atoms with Gasteiger partial charge in [-0.3, -0.25) is 0 Å². The van der Waals surface area contributed by atoms with Crippen molar-refractivity contribution in [1.29, 1.82) is 0 Å². The van der Waals surface area contributed by atoms with E-state index in [1.165, 1.54) is 18.4 Å². The molecule has 1 nitrogen and oxygen atoms in total. The quantitative estimate of drug-likeness (QED) is 0.569. The van der Waals surface area contributed by atoms with Crippen molar-refractivity contribution in [1.82, 2.24) is 0 Å². The molecule has 0 amide bonds. The Morgan fingerprint density at radius 2 is 1.63 bits per heavy atom. The molecule has 0 aliphatic rings. The van der Waals surface area contributed by atoms with Gasteiger partial charge in [-0.25, -0.2) is 0 Å². The summed E-state index contributed by atoms with van der Waals surface area (Å²) in [6.07, 6.45) is 9.30. The fourth-order valence-electron chi connectivity index (χ4n) is 1.10. The summed E-state index contributed by atoms with van der Waals surface area (Å²) in [5.41, 5.74) is 1.43. The molecule has 0 aromatic heterocycles. The molecule has 0 unspecified atom stereocenters. The van der Waals surface area contributed by atoms with Gasteiger partial charge in [0.25, 0.3) is 0 Å². The van der Waals surface area contributed by atoms with E-state index in [1.54, 1.807) is 0 Å². The summed E-state index contributed by atoms with van der Waals surface area (Å²) in [4.78, 5) is 0. The van der Waals surface area contributed by atoms with E-state index >= 15 is 0 Å². The molecule has 19 heavy (non-hydrogen) atoms. The Bertz CT molecular complexity index is 332. The zero-order valence-electron chi connectivity index (χ0n) is 13.1. The predicted molar refractivity (Wildman–Crippen MR) is 91.4 cm³/mol. The number of rotatable bonds is 4. The van der Waals surface area contributed by atoms with Gasteiger partial charge < -0.3 is 4.55 Å². The molecule has 1 rings (SSSR count). The van der Waals surface area contributed by atoms with Crippen molar-refractivity contribution in [3.05, 3.63) is 48.6 Å². The Hall–Kier alpha value is -0.730. The molecule has 0 saturated heterocycles. The van der Waals surface area contributed by atoms with Crippen LogP contribution < -0.4 is 0 Å². The lowest BCUT2D eigenvalue weighted by atomic mass is 10.1. The van der Waals surface area contributed by atoms with E-state index in [1.807, 2.05) is 18.6 Å². The minimum absolute atomic E-state index is 0.0764. The van der Waals surface area contributed by atoms with Crippen LogP contribution in [0.15, 0.2) is 43.0 Å². The molecular weight excluding hydrogens is 252 g/mol. The molecule has 0 spiro atoms. The average Bonchev–Trinajstić information content (AvgIpc) is 2.29. The fourth-order valence-corrected chi connectivity index (χ4v) is 1.10. The number of hydrogen-bond donors (Lipinski definition) is 1.